The number of hydrogen-bond acceptors (Lipinski definition) is 1. The van der Waals surface area contributed by atoms with E-state index in [1.54, 1.807) is 0 Å². The van der Waals surface area contributed by atoms with Gasteiger partial charge in [-0.3, -0.25) is 0 Å². The summed E-state index contributed by atoms with van der Waals surface area (Å²) in [6.45, 7) is 1.53. The first-order valence-corrected chi connectivity index (χ1v) is 6.82. The zero-order chi connectivity index (χ0) is 14.9. The molecule has 0 radical (unpaired) electrons. The Balaban J connectivity index is 2.76. The maximum Gasteiger partial charge on any atom is 0.146 e. The van der Waals surface area contributed by atoms with Crippen molar-refractivity contribution in [1.29, 1.82) is 0 Å². The molecule has 2 rings (SSSR count). The van der Waals surface area contributed by atoms with Crippen LogP contribution < -0.4 is 0 Å². The SMILES string of the molecule is CCC(O)(c1ccccc1F)c1c(F)ccc(Br)c1F. The second kappa shape index (κ2) is 5.58. The van der Waals surface area contributed by atoms with Crippen molar-refractivity contribution in [3.63, 3.8) is 0 Å². The molecule has 0 fully saturated rings. The van der Waals surface area contributed by atoms with Crippen LogP contribution in [0.25, 0.3) is 0 Å². The van der Waals surface area contributed by atoms with Gasteiger partial charge in [0.25, 0.3) is 0 Å². The summed E-state index contributed by atoms with van der Waals surface area (Å²) in [6.07, 6.45) is -0.0712. The Morgan fingerprint density at radius 2 is 1.70 bits per heavy atom. The second-order valence-electron chi connectivity index (χ2n) is 4.41. The van der Waals surface area contributed by atoms with Crippen molar-refractivity contribution in [3.8, 4) is 0 Å². The normalized spacial score (nSPS) is 14.1. The van der Waals surface area contributed by atoms with Crippen molar-refractivity contribution in [2.24, 2.45) is 0 Å². The number of hydrogen-bond donors (Lipinski definition) is 1. The molecule has 0 amide bonds. The van der Waals surface area contributed by atoms with E-state index in [1.807, 2.05) is 0 Å². The molecule has 0 aromatic heterocycles. The summed E-state index contributed by atoms with van der Waals surface area (Å²) in [5, 5.41) is 10.7. The van der Waals surface area contributed by atoms with Gasteiger partial charge in [0.2, 0.25) is 0 Å². The fraction of sp³-hybridized carbons (Fsp3) is 0.200. The van der Waals surface area contributed by atoms with Crippen molar-refractivity contribution >= 4 is 15.9 Å². The van der Waals surface area contributed by atoms with Crippen LogP contribution in [0.2, 0.25) is 0 Å². The topological polar surface area (TPSA) is 20.2 Å². The van der Waals surface area contributed by atoms with Gasteiger partial charge in [-0.15, -0.1) is 0 Å². The lowest BCUT2D eigenvalue weighted by atomic mass is 9.83. The highest BCUT2D eigenvalue weighted by Crippen LogP contribution is 2.39. The lowest BCUT2D eigenvalue weighted by Gasteiger charge is -2.29. The molecule has 0 saturated heterocycles. The smallest absolute Gasteiger partial charge is 0.146 e. The Hall–Kier alpha value is -1.33. The fourth-order valence-corrected chi connectivity index (χ4v) is 2.54. The fourth-order valence-electron chi connectivity index (χ4n) is 2.20. The zero-order valence-corrected chi connectivity index (χ0v) is 12.2. The van der Waals surface area contributed by atoms with Gasteiger partial charge >= 0.3 is 0 Å². The van der Waals surface area contributed by atoms with Gasteiger partial charge in [0.15, 0.2) is 0 Å². The van der Waals surface area contributed by atoms with Crippen LogP contribution in [0.1, 0.15) is 24.5 Å². The van der Waals surface area contributed by atoms with E-state index in [4.69, 9.17) is 0 Å². The van der Waals surface area contributed by atoms with Crippen LogP contribution in [0.15, 0.2) is 40.9 Å². The summed E-state index contributed by atoms with van der Waals surface area (Å²) in [6, 6.07) is 7.65. The summed E-state index contributed by atoms with van der Waals surface area (Å²) < 4.78 is 42.1. The van der Waals surface area contributed by atoms with E-state index in [1.165, 1.54) is 31.2 Å². The van der Waals surface area contributed by atoms with Gasteiger partial charge in [0, 0.05) is 5.56 Å². The van der Waals surface area contributed by atoms with E-state index < -0.39 is 28.6 Å². The standard InChI is InChI=1S/C15H12BrF3O/c1-2-15(20,9-5-3-4-6-11(9)17)13-12(18)8-7-10(16)14(13)19/h3-8,20H,2H2,1H3. The van der Waals surface area contributed by atoms with Crippen LogP contribution in [0, 0.1) is 17.5 Å². The molecule has 0 bridgehead atoms. The molecule has 1 atom stereocenters. The minimum atomic E-state index is -2.07. The molecule has 0 aliphatic carbocycles. The van der Waals surface area contributed by atoms with Gasteiger partial charge in [0.1, 0.15) is 23.1 Å². The molecule has 1 N–H and O–H groups in total. The Morgan fingerprint density at radius 1 is 1.05 bits per heavy atom. The van der Waals surface area contributed by atoms with Crippen molar-refractivity contribution in [2.75, 3.05) is 0 Å². The van der Waals surface area contributed by atoms with Crippen molar-refractivity contribution in [1.82, 2.24) is 0 Å². The predicted octanol–water partition coefficient (Wildman–Crippen LogP) is 4.51. The van der Waals surface area contributed by atoms with Gasteiger partial charge in [0.05, 0.1) is 10.0 Å². The van der Waals surface area contributed by atoms with Gasteiger partial charge in [-0.25, -0.2) is 13.2 Å². The molecular formula is C15H12BrF3O. The molecule has 5 heteroatoms. The molecule has 0 saturated carbocycles. The molecule has 0 spiro atoms. The first-order chi connectivity index (χ1) is 9.41. The summed E-state index contributed by atoms with van der Waals surface area (Å²) in [5.74, 6) is -2.56. The van der Waals surface area contributed by atoms with E-state index in [0.29, 0.717) is 0 Å². The van der Waals surface area contributed by atoms with Gasteiger partial charge < -0.3 is 5.11 Å². The minimum absolute atomic E-state index is 0.0112. The maximum atomic E-state index is 14.2. The third kappa shape index (κ3) is 2.36. The van der Waals surface area contributed by atoms with Crippen LogP contribution in [0.4, 0.5) is 13.2 Å². The minimum Gasteiger partial charge on any atom is -0.380 e. The quantitative estimate of drug-likeness (QED) is 0.812. The van der Waals surface area contributed by atoms with E-state index in [0.717, 1.165) is 12.1 Å². The summed E-state index contributed by atoms with van der Waals surface area (Å²) in [4.78, 5) is 0. The average molecular weight is 345 g/mol. The highest BCUT2D eigenvalue weighted by atomic mass is 79.9. The molecule has 2 aromatic carbocycles. The van der Waals surface area contributed by atoms with E-state index in [9.17, 15) is 18.3 Å². The summed E-state index contributed by atoms with van der Waals surface area (Å²) >= 11 is 2.95. The van der Waals surface area contributed by atoms with E-state index in [-0.39, 0.29) is 16.5 Å². The Bertz CT molecular complexity index is 645. The molecule has 0 aliphatic heterocycles. The number of rotatable bonds is 3. The number of aliphatic hydroxyl groups is 1. The molecule has 20 heavy (non-hydrogen) atoms. The Kier molecular flexibility index (Phi) is 4.20. The summed E-state index contributed by atoms with van der Waals surface area (Å²) in [7, 11) is 0. The summed E-state index contributed by atoms with van der Waals surface area (Å²) in [5.41, 5.74) is -2.78. The molecule has 1 unspecified atom stereocenters. The predicted molar refractivity (Wildman–Crippen MR) is 73.7 cm³/mol. The Morgan fingerprint density at radius 3 is 2.30 bits per heavy atom. The van der Waals surface area contributed by atoms with Crippen molar-refractivity contribution in [2.45, 2.75) is 18.9 Å². The van der Waals surface area contributed by atoms with Crippen molar-refractivity contribution in [3.05, 3.63) is 69.4 Å². The molecule has 106 valence electrons. The molecule has 0 aliphatic rings. The average Bonchev–Trinajstić information content (AvgIpc) is 2.43. The Labute approximate surface area is 123 Å². The van der Waals surface area contributed by atoms with Gasteiger partial charge in [-0.1, -0.05) is 25.1 Å². The van der Waals surface area contributed by atoms with Gasteiger partial charge in [-0.05, 0) is 40.5 Å². The number of benzene rings is 2. The van der Waals surface area contributed by atoms with Crippen LogP contribution in [-0.2, 0) is 5.60 Å². The van der Waals surface area contributed by atoms with Crippen LogP contribution in [-0.4, -0.2) is 5.11 Å². The van der Waals surface area contributed by atoms with E-state index >= 15 is 0 Å². The molecular weight excluding hydrogens is 333 g/mol. The maximum absolute atomic E-state index is 14.2. The van der Waals surface area contributed by atoms with Gasteiger partial charge in [-0.2, -0.15) is 0 Å². The number of halogens is 4. The highest BCUT2D eigenvalue weighted by Gasteiger charge is 2.38. The monoisotopic (exact) mass is 344 g/mol. The first-order valence-electron chi connectivity index (χ1n) is 6.03. The first kappa shape index (κ1) is 15.1. The molecule has 2 aromatic rings. The lowest BCUT2D eigenvalue weighted by Crippen LogP contribution is -2.30. The largest absolute Gasteiger partial charge is 0.380 e. The molecule has 0 heterocycles. The van der Waals surface area contributed by atoms with E-state index in [2.05, 4.69) is 15.9 Å². The second-order valence-corrected chi connectivity index (χ2v) is 5.27. The van der Waals surface area contributed by atoms with Crippen LogP contribution in [0.3, 0.4) is 0 Å². The van der Waals surface area contributed by atoms with Crippen LogP contribution in [0.5, 0.6) is 0 Å². The van der Waals surface area contributed by atoms with Crippen molar-refractivity contribution < 1.29 is 18.3 Å². The molecule has 1 nitrogen and oxygen atoms in total. The third-order valence-corrected chi connectivity index (χ3v) is 3.90. The van der Waals surface area contributed by atoms with Crippen LogP contribution >= 0.6 is 15.9 Å². The zero-order valence-electron chi connectivity index (χ0n) is 10.6. The highest BCUT2D eigenvalue weighted by molar-refractivity contribution is 9.10. The third-order valence-electron chi connectivity index (χ3n) is 3.29. The lowest BCUT2D eigenvalue weighted by molar-refractivity contribution is 0.0644.